The van der Waals surface area contributed by atoms with Crippen molar-refractivity contribution in [2.24, 2.45) is 7.05 Å². The summed E-state index contributed by atoms with van der Waals surface area (Å²) in [4.78, 5) is 25.6. The highest BCUT2D eigenvalue weighted by atomic mass is 16.5. The Morgan fingerprint density at radius 1 is 1.50 bits per heavy atom. The van der Waals surface area contributed by atoms with E-state index >= 15 is 0 Å². The van der Waals surface area contributed by atoms with Crippen molar-refractivity contribution in [3.63, 3.8) is 0 Å². The van der Waals surface area contributed by atoms with Gasteiger partial charge < -0.3 is 4.74 Å². The molecule has 0 N–H and O–H groups in total. The van der Waals surface area contributed by atoms with Crippen molar-refractivity contribution in [2.45, 2.75) is 25.8 Å². The third kappa shape index (κ3) is 2.37. The van der Waals surface area contributed by atoms with Crippen molar-refractivity contribution in [2.75, 3.05) is 13.2 Å². The standard InChI is InChI=1S/C12H18N3O3/c1-3-18-11(16)10-5-4-6-15(10)12(17)14-8-7-13(2)9-14/h7-10H,3-6H2,1-2H3/q+1. The Morgan fingerprint density at radius 3 is 2.89 bits per heavy atom. The Hall–Kier alpha value is -1.85. The molecule has 1 aromatic heterocycles. The number of imidazole rings is 1. The van der Waals surface area contributed by atoms with Gasteiger partial charge in [-0.15, -0.1) is 0 Å². The molecule has 2 rings (SSSR count). The number of rotatable bonds is 2. The van der Waals surface area contributed by atoms with E-state index in [1.54, 1.807) is 35.1 Å². The minimum Gasteiger partial charge on any atom is -0.464 e. The molecule has 18 heavy (non-hydrogen) atoms. The fraction of sp³-hybridized carbons (Fsp3) is 0.583. The maximum Gasteiger partial charge on any atom is 0.416 e. The number of carbonyl (C=O) groups excluding carboxylic acids is 2. The van der Waals surface area contributed by atoms with E-state index in [-0.39, 0.29) is 12.0 Å². The number of aromatic nitrogens is 2. The van der Waals surface area contributed by atoms with Crippen molar-refractivity contribution < 1.29 is 18.9 Å². The smallest absolute Gasteiger partial charge is 0.416 e. The van der Waals surface area contributed by atoms with Crippen LogP contribution in [0.4, 0.5) is 4.79 Å². The number of amides is 1. The van der Waals surface area contributed by atoms with Crippen LogP contribution in [0.25, 0.3) is 0 Å². The summed E-state index contributed by atoms with van der Waals surface area (Å²) in [7, 11) is 1.84. The zero-order chi connectivity index (χ0) is 13.1. The quantitative estimate of drug-likeness (QED) is 0.562. The number of esters is 1. The van der Waals surface area contributed by atoms with Gasteiger partial charge >= 0.3 is 12.0 Å². The Bertz CT molecular complexity index is 455. The number of nitrogens with zero attached hydrogens (tertiary/aromatic N) is 3. The Labute approximate surface area is 106 Å². The second-order valence-electron chi connectivity index (χ2n) is 4.37. The fourth-order valence-corrected chi connectivity index (χ4v) is 2.19. The van der Waals surface area contributed by atoms with E-state index in [1.165, 1.54) is 4.57 Å². The number of carbonyl (C=O) groups is 2. The van der Waals surface area contributed by atoms with Crippen LogP contribution in [0, 0.1) is 0 Å². The van der Waals surface area contributed by atoms with Crippen LogP contribution in [0.15, 0.2) is 18.7 Å². The average molecular weight is 252 g/mol. The van der Waals surface area contributed by atoms with Crippen LogP contribution in [0.2, 0.25) is 0 Å². The minimum atomic E-state index is -0.440. The molecule has 1 fully saturated rings. The summed E-state index contributed by atoms with van der Waals surface area (Å²) in [5.41, 5.74) is 0. The predicted octanol–water partition coefficient (Wildman–Crippen LogP) is 0.308. The zero-order valence-electron chi connectivity index (χ0n) is 10.7. The molecule has 98 valence electrons. The largest absolute Gasteiger partial charge is 0.464 e. The Kier molecular flexibility index (Phi) is 3.64. The SMILES string of the molecule is CCOC(=O)C1CCCN1C(=O)n1cc[n+](C)c1. The van der Waals surface area contributed by atoms with E-state index in [9.17, 15) is 9.59 Å². The summed E-state index contributed by atoms with van der Waals surface area (Å²) in [6.45, 7) is 2.71. The molecule has 6 heteroatoms. The second-order valence-corrected chi connectivity index (χ2v) is 4.37. The molecule has 1 saturated heterocycles. The van der Waals surface area contributed by atoms with Crippen molar-refractivity contribution in [1.29, 1.82) is 0 Å². The highest BCUT2D eigenvalue weighted by Crippen LogP contribution is 2.19. The average Bonchev–Trinajstić information content (AvgIpc) is 2.96. The topological polar surface area (TPSA) is 55.4 Å². The number of hydrogen-bond acceptors (Lipinski definition) is 3. The summed E-state index contributed by atoms with van der Waals surface area (Å²) in [6, 6.07) is -0.615. The lowest BCUT2D eigenvalue weighted by atomic mass is 10.2. The van der Waals surface area contributed by atoms with Gasteiger partial charge in [-0.05, 0) is 19.8 Å². The van der Waals surface area contributed by atoms with Crippen LogP contribution in [0.3, 0.4) is 0 Å². The molecule has 0 aliphatic carbocycles. The molecular weight excluding hydrogens is 234 g/mol. The summed E-state index contributed by atoms with van der Waals surface area (Å²) in [6.07, 6.45) is 6.67. The monoisotopic (exact) mass is 252 g/mol. The van der Waals surface area contributed by atoms with Crippen molar-refractivity contribution in [3.8, 4) is 0 Å². The highest BCUT2D eigenvalue weighted by molar-refractivity contribution is 5.85. The minimum absolute atomic E-state index is 0.175. The maximum atomic E-state index is 12.2. The predicted molar refractivity (Wildman–Crippen MR) is 62.8 cm³/mol. The van der Waals surface area contributed by atoms with Crippen molar-refractivity contribution in [1.82, 2.24) is 9.47 Å². The number of hydrogen-bond donors (Lipinski definition) is 0. The fourth-order valence-electron chi connectivity index (χ4n) is 2.19. The van der Waals surface area contributed by atoms with Crippen LogP contribution < -0.4 is 4.57 Å². The first-order valence-corrected chi connectivity index (χ1v) is 6.14. The molecule has 0 saturated carbocycles. The van der Waals surface area contributed by atoms with E-state index in [0.29, 0.717) is 19.6 Å². The molecule has 0 radical (unpaired) electrons. The van der Waals surface area contributed by atoms with Gasteiger partial charge in [0, 0.05) is 6.54 Å². The molecule has 1 amide bonds. The third-order valence-corrected chi connectivity index (χ3v) is 3.05. The van der Waals surface area contributed by atoms with E-state index in [4.69, 9.17) is 4.74 Å². The second kappa shape index (κ2) is 5.20. The molecule has 0 bridgehead atoms. The lowest BCUT2D eigenvalue weighted by Gasteiger charge is -2.20. The Morgan fingerprint density at radius 2 is 2.28 bits per heavy atom. The summed E-state index contributed by atoms with van der Waals surface area (Å²) >= 11 is 0. The van der Waals surface area contributed by atoms with Gasteiger partial charge in [-0.25, -0.2) is 14.2 Å². The van der Waals surface area contributed by atoms with E-state index in [0.717, 1.165) is 6.42 Å². The molecule has 1 aliphatic heterocycles. The molecule has 0 aromatic carbocycles. The van der Waals surface area contributed by atoms with Crippen LogP contribution in [-0.2, 0) is 16.6 Å². The lowest BCUT2D eigenvalue weighted by molar-refractivity contribution is -0.670. The molecule has 1 atom stereocenters. The van der Waals surface area contributed by atoms with Gasteiger partial charge in [-0.3, -0.25) is 4.90 Å². The number of likely N-dealkylation sites (tertiary alicyclic amines) is 1. The Balaban J connectivity index is 2.11. The van der Waals surface area contributed by atoms with Crippen LogP contribution in [-0.4, -0.2) is 40.7 Å². The van der Waals surface area contributed by atoms with Crippen LogP contribution >= 0.6 is 0 Å². The van der Waals surface area contributed by atoms with Gasteiger partial charge in [0.15, 0.2) is 0 Å². The number of aryl methyl sites for hydroxylation is 1. The van der Waals surface area contributed by atoms with E-state index in [1.807, 2.05) is 7.05 Å². The van der Waals surface area contributed by atoms with Crippen molar-refractivity contribution >= 4 is 12.0 Å². The summed E-state index contributed by atoms with van der Waals surface area (Å²) in [5, 5.41) is 0. The lowest BCUT2D eigenvalue weighted by Crippen LogP contribution is -2.43. The van der Waals surface area contributed by atoms with Gasteiger partial charge in [-0.2, -0.15) is 4.57 Å². The molecule has 2 heterocycles. The molecular formula is C12H18N3O3+. The maximum absolute atomic E-state index is 12.2. The molecule has 1 unspecified atom stereocenters. The summed E-state index contributed by atoms with van der Waals surface area (Å²) < 4.78 is 8.27. The highest BCUT2D eigenvalue weighted by Gasteiger charge is 2.37. The van der Waals surface area contributed by atoms with Gasteiger partial charge in [0.05, 0.1) is 13.7 Å². The first-order valence-electron chi connectivity index (χ1n) is 6.14. The molecule has 0 spiro atoms. The van der Waals surface area contributed by atoms with Gasteiger partial charge in [0.2, 0.25) is 0 Å². The van der Waals surface area contributed by atoms with Crippen molar-refractivity contribution in [3.05, 3.63) is 18.7 Å². The van der Waals surface area contributed by atoms with Gasteiger partial charge in [-0.1, -0.05) is 0 Å². The normalized spacial score (nSPS) is 19.0. The number of ether oxygens (including phenoxy) is 1. The van der Waals surface area contributed by atoms with Gasteiger partial charge in [0.1, 0.15) is 18.4 Å². The van der Waals surface area contributed by atoms with E-state index in [2.05, 4.69) is 0 Å². The first kappa shape index (κ1) is 12.6. The van der Waals surface area contributed by atoms with Gasteiger partial charge in [0.25, 0.3) is 6.33 Å². The zero-order valence-corrected chi connectivity index (χ0v) is 10.7. The molecule has 6 nitrogen and oxygen atoms in total. The van der Waals surface area contributed by atoms with E-state index < -0.39 is 6.04 Å². The molecule has 1 aliphatic rings. The summed E-state index contributed by atoms with van der Waals surface area (Å²) in [5.74, 6) is -0.306. The van der Waals surface area contributed by atoms with Crippen LogP contribution in [0.5, 0.6) is 0 Å². The molecule has 1 aromatic rings. The van der Waals surface area contributed by atoms with Crippen LogP contribution in [0.1, 0.15) is 19.8 Å². The first-order chi connectivity index (χ1) is 8.63. The third-order valence-electron chi connectivity index (χ3n) is 3.05.